The van der Waals surface area contributed by atoms with Crippen LogP contribution in [0.15, 0.2) is 23.1 Å². The van der Waals surface area contributed by atoms with E-state index in [4.69, 9.17) is 21.1 Å². The molecule has 0 aliphatic carbocycles. The van der Waals surface area contributed by atoms with Gasteiger partial charge in [-0.2, -0.15) is 0 Å². The van der Waals surface area contributed by atoms with Crippen molar-refractivity contribution in [3.05, 3.63) is 28.8 Å². The number of hydrogen-bond donors (Lipinski definition) is 1. The van der Waals surface area contributed by atoms with Gasteiger partial charge in [0, 0.05) is 20.5 Å². The predicted molar refractivity (Wildman–Crippen MR) is 94.7 cm³/mol. The van der Waals surface area contributed by atoms with Crippen LogP contribution in [0.3, 0.4) is 0 Å². The molecule has 11 heteroatoms. The van der Waals surface area contributed by atoms with Crippen molar-refractivity contribution < 1.29 is 32.3 Å². The molecule has 9 nitrogen and oxygen atoms in total. The van der Waals surface area contributed by atoms with E-state index in [1.54, 1.807) is 0 Å². The Morgan fingerprint density at radius 1 is 1.37 bits per heavy atom. The lowest BCUT2D eigenvalue weighted by Crippen LogP contribution is -2.41. The van der Waals surface area contributed by atoms with E-state index in [9.17, 15) is 22.8 Å². The largest absolute Gasteiger partial charge is 0.463 e. The van der Waals surface area contributed by atoms with Gasteiger partial charge >= 0.3 is 11.9 Å². The lowest BCUT2D eigenvalue weighted by Gasteiger charge is -2.16. The van der Waals surface area contributed by atoms with Gasteiger partial charge in [0.25, 0.3) is 5.91 Å². The lowest BCUT2D eigenvalue weighted by molar-refractivity contribution is -0.161. The van der Waals surface area contributed by atoms with Crippen molar-refractivity contribution in [1.82, 2.24) is 9.62 Å². The standard InChI is InChI=1S/C16H19ClN2O7S/c1-9(15(21)26-13-6-7-25-16(13)22)18-14(20)11-8-10(4-5-12(11)17)27(23,24)19(2)3/h4-5,8-9,13H,6-7H2,1-3H3,(H,18,20)/t9-,13+/m0/s1. The molecule has 1 fully saturated rings. The summed E-state index contributed by atoms with van der Waals surface area (Å²) in [5.41, 5.74) is -0.112. The molecule has 0 saturated carbocycles. The number of ether oxygens (including phenoxy) is 2. The second-order valence-corrected chi connectivity index (χ2v) is 8.56. The molecule has 0 spiro atoms. The molecule has 27 heavy (non-hydrogen) atoms. The minimum atomic E-state index is -3.76. The molecule has 2 rings (SSSR count). The number of nitrogens with zero attached hydrogens (tertiary/aromatic N) is 1. The van der Waals surface area contributed by atoms with Gasteiger partial charge in [0.15, 0.2) is 0 Å². The maximum atomic E-state index is 12.4. The Labute approximate surface area is 161 Å². The van der Waals surface area contributed by atoms with E-state index in [2.05, 4.69) is 5.32 Å². The van der Waals surface area contributed by atoms with E-state index < -0.39 is 40.0 Å². The molecule has 1 saturated heterocycles. The smallest absolute Gasteiger partial charge is 0.347 e. The minimum absolute atomic E-state index is 0.0187. The van der Waals surface area contributed by atoms with Crippen LogP contribution in [-0.4, -0.2) is 63.4 Å². The van der Waals surface area contributed by atoms with Crippen LogP contribution in [-0.2, 0) is 29.1 Å². The van der Waals surface area contributed by atoms with Crippen molar-refractivity contribution in [3.63, 3.8) is 0 Å². The van der Waals surface area contributed by atoms with Crippen molar-refractivity contribution in [3.8, 4) is 0 Å². The van der Waals surface area contributed by atoms with Gasteiger partial charge in [-0.3, -0.25) is 4.79 Å². The van der Waals surface area contributed by atoms with Gasteiger partial charge in [0.05, 0.1) is 22.1 Å². The zero-order valence-corrected chi connectivity index (χ0v) is 16.5. The average molecular weight is 419 g/mol. The van der Waals surface area contributed by atoms with Gasteiger partial charge < -0.3 is 14.8 Å². The van der Waals surface area contributed by atoms with Crippen LogP contribution in [0.1, 0.15) is 23.7 Å². The molecule has 0 aromatic heterocycles. The molecule has 2 atom stereocenters. The molecule has 1 aliphatic rings. The monoisotopic (exact) mass is 418 g/mol. The summed E-state index contributed by atoms with van der Waals surface area (Å²) in [6.45, 7) is 1.54. The summed E-state index contributed by atoms with van der Waals surface area (Å²) >= 11 is 5.99. The van der Waals surface area contributed by atoms with Crippen LogP contribution in [0.25, 0.3) is 0 Å². The van der Waals surface area contributed by atoms with Crippen LogP contribution in [0.5, 0.6) is 0 Å². The highest BCUT2D eigenvalue weighted by Gasteiger charge is 2.32. The van der Waals surface area contributed by atoms with E-state index in [1.165, 1.54) is 33.2 Å². The Morgan fingerprint density at radius 3 is 2.59 bits per heavy atom. The fourth-order valence-electron chi connectivity index (χ4n) is 2.21. The van der Waals surface area contributed by atoms with Crippen molar-refractivity contribution in [2.75, 3.05) is 20.7 Å². The third kappa shape index (κ3) is 4.76. The van der Waals surface area contributed by atoms with Crippen LogP contribution in [0.2, 0.25) is 5.02 Å². The Morgan fingerprint density at radius 2 is 2.04 bits per heavy atom. The van der Waals surface area contributed by atoms with Crippen molar-refractivity contribution in [2.24, 2.45) is 0 Å². The fraction of sp³-hybridized carbons (Fsp3) is 0.438. The van der Waals surface area contributed by atoms with Gasteiger partial charge in [-0.05, 0) is 25.1 Å². The number of halogens is 1. The van der Waals surface area contributed by atoms with E-state index in [0.29, 0.717) is 0 Å². The van der Waals surface area contributed by atoms with Crippen molar-refractivity contribution in [1.29, 1.82) is 0 Å². The summed E-state index contributed by atoms with van der Waals surface area (Å²) in [6.07, 6.45) is -0.740. The number of cyclic esters (lactones) is 1. The first-order valence-corrected chi connectivity index (χ1v) is 9.76. The molecule has 0 bridgehead atoms. The molecular weight excluding hydrogens is 400 g/mol. The molecule has 1 aliphatic heterocycles. The Bertz CT molecular complexity index is 870. The molecule has 1 heterocycles. The molecule has 1 aromatic rings. The van der Waals surface area contributed by atoms with Gasteiger partial charge in [-0.1, -0.05) is 11.6 Å². The fourth-order valence-corrected chi connectivity index (χ4v) is 3.34. The first kappa shape index (κ1) is 21.1. The number of carbonyl (C=O) groups is 3. The molecule has 0 radical (unpaired) electrons. The number of benzene rings is 1. The molecule has 1 aromatic carbocycles. The van der Waals surface area contributed by atoms with E-state index >= 15 is 0 Å². The number of rotatable bonds is 6. The molecule has 148 valence electrons. The molecule has 0 unspecified atom stereocenters. The maximum absolute atomic E-state index is 12.4. The number of esters is 2. The summed E-state index contributed by atoms with van der Waals surface area (Å²) < 4.78 is 35.1. The molecule has 1 amide bonds. The van der Waals surface area contributed by atoms with E-state index in [1.807, 2.05) is 0 Å². The quantitative estimate of drug-likeness (QED) is 0.670. The summed E-state index contributed by atoms with van der Waals surface area (Å²) in [5.74, 6) is -2.21. The topological polar surface area (TPSA) is 119 Å². The first-order valence-electron chi connectivity index (χ1n) is 7.94. The highest BCUT2D eigenvalue weighted by atomic mass is 35.5. The highest BCUT2D eigenvalue weighted by Crippen LogP contribution is 2.22. The Balaban J connectivity index is 2.13. The van der Waals surface area contributed by atoms with Crippen LogP contribution in [0.4, 0.5) is 0 Å². The zero-order valence-electron chi connectivity index (χ0n) is 14.9. The second-order valence-electron chi connectivity index (χ2n) is 6.01. The normalized spacial score (nSPS) is 18.1. The van der Waals surface area contributed by atoms with Gasteiger partial charge in [0.1, 0.15) is 6.04 Å². The predicted octanol–water partition coefficient (Wildman–Crippen LogP) is 0.567. The molecule has 1 N–H and O–H groups in total. The van der Waals surface area contributed by atoms with Crippen molar-refractivity contribution >= 4 is 39.5 Å². The third-order valence-electron chi connectivity index (χ3n) is 3.81. The number of nitrogens with one attached hydrogen (secondary N) is 1. The number of amides is 1. The second kappa shape index (κ2) is 8.24. The van der Waals surface area contributed by atoms with E-state index in [0.717, 1.165) is 10.4 Å². The lowest BCUT2D eigenvalue weighted by atomic mass is 10.2. The number of carbonyl (C=O) groups excluding carboxylic acids is 3. The number of hydrogen-bond acceptors (Lipinski definition) is 7. The Kier molecular flexibility index (Phi) is 6.45. The SMILES string of the molecule is C[C@H](NC(=O)c1cc(S(=O)(=O)N(C)C)ccc1Cl)C(=O)O[C@@H]1CCOC1=O. The first-order chi connectivity index (χ1) is 12.5. The Hall–Kier alpha value is -2.17. The van der Waals surface area contributed by atoms with Crippen LogP contribution in [0, 0.1) is 0 Å². The molecular formula is C16H19ClN2O7S. The summed E-state index contributed by atoms with van der Waals surface area (Å²) in [6, 6.07) is 2.60. The van der Waals surface area contributed by atoms with Gasteiger partial charge in [-0.25, -0.2) is 22.3 Å². The van der Waals surface area contributed by atoms with Crippen molar-refractivity contribution in [2.45, 2.75) is 30.4 Å². The van der Waals surface area contributed by atoms with Crippen LogP contribution < -0.4 is 5.32 Å². The maximum Gasteiger partial charge on any atom is 0.347 e. The number of sulfonamides is 1. The highest BCUT2D eigenvalue weighted by molar-refractivity contribution is 7.89. The summed E-state index contributed by atoms with van der Waals surface area (Å²) in [4.78, 5) is 35.7. The van der Waals surface area contributed by atoms with E-state index in [-0.39, 0.29) is 28.5 Å². The van der Waals surface area contributed by atoms with Crippen LogP contribution >= 0.6 is 11.6 Å². The average Bonchev–Trinajstić information content (AvgIpc) is 2.99. The van der Waals surface area contributed by atoms with Gasteiger partial charge in [-0.15, -0.1) is 0 Å². The summed E-state index contributed by atoms with van der Waals surface area (Å²) in [7, 11) is -1.05. The zero-order chi connectivity index (χ0) is 20.4. The minimum Gasteiger partial charge on any atom is -0.463 e. The summed E-state index contributed by atoms with van der Waals surface area (Å²) in [5, 5.41) is 2.39. The third-order valence-corrected chi connectivity index (χ3v) is 5.95. The van der Waals surface area contributed by atoms with Gasteiger partial charge in [0.2, 0.25) is 16.1 Å².